The zero-order valence-corrected chi connectivity index (χ0v) is 14.7. The van der Waals surface area contributed by atoms with Crippen molar-refractivity contribution in [3.05, 3.63) is 54.4 Å². The molecule has 7 heteroatoms. The molecule has 2 aromatic heterocycles. The highest BCUT2D eigenvalue weighted by Gasteiger charge is 2.14. The second-order valence-electron chi connectivity index (χ2n) is 5.44. The summed E-state index contributed by atoms with van der Waals surface area (Å²) >= 11 is 1.57. The molecule has 0 aliphatic carbocycles. The molecule has 25 heavy (non-hydrogen) atoms. The van der Waals surface area contributed by atoms with Gasteiger partial charge in [-0.1, -0.05) is 41.2 Å². The van der Waals surface area contributed by atoms with Crippen LogP contribution in [0.1, 0.15) is 5.89 Å². The Bertz CT molecular complexity index is 1020. The van der Waals surface area contributed by atoms with Gasteiger partial charge in [0.2, 0.25) is 11.7 Å². The summed E-state index contributed by atoms with van der Waals surface area (Å²) in [6, 6.07) is 15.7. The number of methoxy groups -OCH3 is 1. The molecule has 0 spiro atoms. The van der Waals surface area contributed by atoms with Gasteiger partial charge in [0.1, 0.15) is 5.75 Å². The zero-order valence-electron chi connectivity index (χ0n) is 13.8. The summed E-state index contributed by atoms with van der Waals surface area (Å²) in [5.41, 5.74) is 2.89. The molecule has 2 heterocycles. The van der Waals surface area contributed by atoms with Gasteiger partial charge in [-0.25, -0.2) is 4.98 Å². The lowest BCUT2D eigenvalue weighted by Gasteiger charge is -2.03. The molecule has 2 aromatic carbocycles. The van der Waals surface area contributed by atoms with Crippen molar-refractivity contribution in [3.63, 3.8) is 0 Å². The Morgan fingerprint density at radius 2 is 1.88 bits per heavy atom. The lowest BCUT2D eigenvalue weighted by Crippen LogP contribution is -1.91. The van der Waals surface area contributed by atoms with E-state index in [0.717, 1.165) is 27.5 Å². The molecule has 4 aromatic rings. The van der Waals surface area contributed by atoms with Crippen LogP contribution in [0.15, 0.2) is 58.2 Å². The summed E-state index contributed by atoms with van der Waals surface area (Å²) in [5, 5.41) is 4.98. The predicted octanol–water partition coefficient (Wildman–Crippen LogP) is 3.92. The van der Waals surface area contributed by atoms with E-state index >= 15 is 0 Å². The Balaban J connectivity index is 1.54. The molecule has 0 saturated carbocycles. The largest absolute Gasteiger partial charge is 0.496 e. The highest BCUT2D eigenvalue weighted by molar-refractivity contribution is 7.98. The van der Waals surface area contributed by atoms with Crippen LogP contribution in [0, 0.1) is 0 Å². The molecule has 0 N–H and O–H groups in total. The fourth-order valence-corrected chi connectivity index (χ4v) is 3.46. The van der Waals surface area contributed by atoms with E-state index in [2.05, 4.69) is 25.8 Å². The number of hydrogen-bond acceptors (Lipinski definition) is 6. The van der Waals surface area contributed by atoms with Crippen LogP contribution in [-0.4, -0.2) is 26.8 Å². The maximum Gasteiger partial charge on any atom is 0.237 e. The summed E-state index contributed by atoms with van der Waals surface area (Å²) in [5.74, 6) is 2.35. The first-order valence-electron chi connectivity index (χ1n) is 7.76. The molecule has 0 bridgehead atoms. The molecule has 0 amide bonds. The maximum absolute atomic E-state index is 5.38. The fraction of sp³-hybridized carbons (Fsp3) is 0.167. The van der Waals surface area contributed by atoms with Crippen LogP contribution < -0.4 is 4.74 Å². The second-order valence-corrected chi connectivity index (χ2v) is 6.39. The van der Waals surface area contributed by atoms with E-state index in [9.17, 15) is 0 Å². The quantitative estimate of drug-likeness (QED) is 0.507. The SMILES string of the molecule is COc1ccccc1-c1noc(CSc2nc3ccccc3n2C)n1. The smallest absolute Gasteiger partial charge is 0.237 e. The standard InChI is InChI=1S/C18H16N4O2S/c1-22-14-9-5-4-8-13(14)19-18(22)25-11-16-20-17(21-24-16)12-7-3-6-10-15(12)23-2/h3-10H,11H2,1-2H3. The van der Waals surface area contributed by atoms with E-state index in [-0.39, 0.29) is 0 Å². The van der Waals surface area contributed by atoms with Crippen molar-refractivity contribution in [2.45, 2.75) is 10.9 Å². The van der Waals surface area contributed by atoms with Gasteiger partial charge in [-0.2, -0.15) is 4.98 Å². The van der Waals surface area contributed by atoms with Crippen molar-refractivity contribution in [1.82, 2.24) is 19.7 Å². The normalized spacial score (nSPS) is 11.1. The fourth-order valence-electron chi connectivity index (χ4n) is 2.63. The van der Waals surface area contributed by atoms with Gasteiger partial charge in [0.15, 0.2) is 5.16 Å². The Morgan fingerprint density at radius 3 is 2.72 bits per heavy atom. The molecule has 0 aliphatic rings. The van der Waals surface area contributed by atoms with Crippen LogP contribution in [0.4, 0.5) is 0 Å². The summed E-state index contributed by atoms with van der Waals surface area (Å²) < 4.78 is 12.8. The Labute approximate surface area is 148 Å². The van der Waals surface area contributed by atoms with E-state index in [1.807, 2.05) is 49.5 Å². The van der Waals surface area contributed by atoms with E-state index in [1.165, 1.54) is 0 Å². The first-order valence-corrected chi connectivity index (χ1v) is 8.75. The highest BCUT2D eigenvalue weighted by Crippen LogP contribution is 2.29. The zero-order chi connectivity index (χ0) is 17.2. The molecule has 0 aliphatic heterocycles. The average Bonchev–Trinajstić information content (AvgIpc) is 3.25. The number of thioether (sulfide) groups is 1. The number of aryl methyl sites for hydroxylation is 1. The third-order valence-corrected chi connectivity index (χ3v) is 4.90. The minimum absolute atomic E-state index is 0.526. The lowest BCUT2D eigenvalue weighted by molar-refractivity contribution is 0.390. The van der Waals surface area contributed by atoms with Crippen LogP contribution in [0.25, 0.3) is 22.4 Å². The molecule has 4 rings (SSSR count). The number of fused-ring (bicyclic) bond motifs is 1. The van der Waals surface area contributed by atoms with Crippen molar-refractivity contribution < 1.29 is 9.26 Å². The van der Waals surface area contributed by atoms with E-state index in [0.29, 0.717) is 17.5 Å². The third kappa shape index (κ3) is 2.98. The van der Waals surface area contributed by atoms with Gasteiger partial charge in [-0.05, 0) is 24.3 Å². The van der Waals surface area contributed by atoms with Crippen LogP contribution in [0.3, 0.4) is 0 Å². The van der Waals surface area contributed by atoms with Gasteiger partial charge >= 0.3 is 0 Å². The minimum atomic E-state index is 0.526. The van der Waals surface area contributed by atoms with Gasteiger partial charge in [0.25, 0.3) is 0 Å². The Kier molecular flexibility index (Phi) is 4.15. The Hall–Kier alpha value is -2.80. The number of para-hydroxylation sites is 3. The first-order chi connectivity index (χ1) is 12.3. The minimum Gasteiger partial charge on any atom is -0.496 e. The van der Waals surface area contributed by atoms with Crippen molar-refractivity contribution in [2.24, 2.45) is 7.05 Å². The van der Waals surface area contributed by atoms with Crippen molar-refractivity contribution in [3.8, 4) is 17.1 Å². The van der Waals surface area contributed by atoms with Crippen molar-refractivity contribution in [2.75, 3.05) is 7.11 Å². The number of nitrogens with zero attached hydrogens (tertiary/aromatic N) is 4. The second kappa shape index (κ2) is 6.60. The number of imidazole rings is 1. The highest BCUT2D eigenvalue weighted by atomic mass is 32.2. The molecule has 126 valence electrons. The topological polar surface area (TPSA) is 66.0 Å². The molecule has 6 nitrogen and oxygen atoms in total. The predicted molar refractivity (Wildman–Crippen MR) is 96.6 cm³/mol. The number of hydrogen-bond donors (Lipinski definition) is 0. The van der Waals surface area contributed by atoms with Gasteiger partial charge in [0, 0.05) is 7.05 Å². The maximum atomic E-state index is 5.38. The number of ether oxygens (including phenoxy) is 1. The summed E-state index contributed by atoms with van der Waals surface area (Å²) in [6.07, 6.45) is 0. The summed E-state index contributed by atoms with van der Waals surface area (Å²) in [4.78, 5) is 9.11. The molecule has 0 atom stereocenters. The summed E-state index contributed by atoms with van der Waals surface area (Å²) in [6.45, 7) is 0. The molecular formula is C18H16N4O2S. The van der Waals surface area contributed by atoms with Crippen LogP contribution in [-0.2, 0) is 12.8 Å². The lowest BCUT2D eigenvalue weighted by atomic mass is 10.2. The van der Waals surface area contributed by atoms with E-state index in [1.54, 1.807) is 18.9 Å². The van der Waals surface area contributed by atoms with Gasteiger partial charge in [-0.3, -0.25) is 0 Å². The molecular weight excluding hydrogens is 336 g/mol. The van der Waals surface area contributed by atoms with Crippen molar-refractivity contribution >= 4 is 22.8 Å². The monoisotopic (exact) mass is 352 g/mol. The van der Waals surface area contributed by atoms with Crippen molar-refractivity contribution in [1.29, 1.82) is 0 Å². The van der Waals surface area contributed by atoms with Crippen LogP contribution in [0.5, 0.6) is 5.75 Å². The third-order valence-electron chi connectivity index (χ3n) is 3.89. The molecule has 0 radical (unpaired) electrons. The van der Waals surface area contributed by atoms with E-state index in [4.69, 9.17) is 9.26 Å². The van der Waals surface area contributed by atoms with Gasteiger partial charge in [0.05, 0.1) is 29.5 Å². The summed E-state index contributed by atoms with van der Waals surface area (Å²) in [7, 11) is 3.63. The molecule has 0 fully saturated rings. The number of rotatable bonds is 5. The first kappa shape index (κ1) is 15.7. The molecule has 0 unspecified atom stereocenters. The number of benzene rings is 2. The number of aromatic nitrogens is 4. The Morgan fingerprint density at radius 1 is 1.08 bits per heavy atom. The van der Waals surface area contributed by atoms with Gasteiger partial charge < -0.3 is 13.8 Å². The van der Waals surface area contributed by atoms with Crippen LogP contribution >= 0.6 is 11.8 Å². The van der Waals surface area contributed by atoms with E-state index < -0.39 is 0 Å². The molecule has 0 saturated heterocycles. The van der Waals surface area contributed by atoms with Crippen LogP contribution in [0.2, 0.25) is 0 Å². The average molecular weight is 352 g/mol. The van der Waals surface area contributed by atoms with Gasteiger partial charge in [-0.15, -0.1) is 0 Å².